The topological polar surface area (TPSA) is 0 Å². The van der Waals surface area contributed by atoms with Gasteiger partial charge in [0.2, 0.25) is 0 Å². The van der Waals surface area contributed by atoms with E-state index >= 15 is 0 Å². The molecule has 0 aromatic carbocycles. The normalized spacial score (nSPS) is 15.0. The van der Waals surface area contributed by atoms with Gasteiger partial charge in [-0.3, -0.25) is 0 Å². The summed E-state index contributed by atoms with van der Waals surface area (Å²) < 4.78 is 0. The number of rotatable bonds is 5. The smallest absolute Gasteiger partial charge is 0.00182 e. The molecule has 0 aliphatic heterocycles. The Kier molecular flexibility index (Phi) is 5.93. The van der Waals surface area contributed by atoms with Crippen LogP contribution >= 0.6 is 18.5 Å². The number of hydrogen-bond donors (Lipinski definition) is 0. The van der Waals surface area contributed by atoms with Gasteiger partial charge in [0.25, 0.3) is 0 Å². The molecule has 0 nitrogen and oxygen atoms in total. The van der Waals surface area contributed by atoms with E-state index in [1.807, 2.05) is 0 Å². The molecule has 0 aliphatic carbocycles. The first-order valence-electron chi connectivity index (χ1n) is 4.62. The second-order valence-corrected chi connectivity index (χ2v) is 6.37. The van der Waals surface area contributed by atoms with Crippen LogP contribution in [0.3, 0.4) is 0 Å². The zero-order chi connectivity index (χ0) is 8.91. The van der Waals surface area contributed by atoms with E-state index in [9.17, 15) is 0 Å². The minimum Gasteiger partial charge on any atom is -0.127 e. The lowest BCUT2D eigenvalue weighted by molar-refractivity contribution is 0.451. The van der Waals surface area contributed by atoms with E-state index in [4.69, 9.17) is 0 Å². The van der Waals surface area contributed by atoms with E-state index in [0.29, 0.717) is 4.90 Å². The van der Waals surface area contributed by atoms with E-state index < -0.39 is 0 Å². The summed E-state index contributed by atoms with van der Waals surface area (Å²) in [6.45, 7) is 6.86. The average molecular weight is 192 g/mol. The lowest BCUT2D eigenvalue weighted by Crippen LogP contribution is -2.21. The molecule has 0 aromatic rings. The number of hydrogen-bond acceptors (Lipinski definition) is 0. The van der Waals surface area contributed by atoms with Gasteiger partial charge in [-0.25, -0.2) is 0 Å². The molecule has 0 aromatic heterocycles. The molecular weight excluding hydrogens is 170 g/mol. The highest BCUT2D eigenvalue weighted by Gasteiger charge is 2.23. The lowest BCUT2D eigenvalue weighted by Gasteiger charge is -2.30. The molecule has 2 heteroatoms. The Hall–Kier alpha value is 0.860. The van der Waals surface area contributed by atoms with Gasteiger partial charge in [0.15, 0.2) is 0 Å². The standard InChI is InChI=1S/C9H22P2/c1-4-6-8(3)9(10,11)7-5-2/h8H,4-7,10-11H2,1-3H3. The second kappa shape index (κ2) is 5.50. The summed E-state index contributed by atoms with van der Waals surface area (Å²) >= 11 is 0. The maximum absolute atomic E-state index is 2.99. The van der Waals surface area contributed by atoms with Crippen molar-refractivity contribution in [3.8, 4) is 0 Å². The van der Waals surface area contributed by atoms with E-state index in [0.717, 1.165) is 5.92 Å². The molecule has 0 radical (unpaired) electrons. The Morgan fingerprint density at radius 1 is 1.18 bits per heavy atom. The molecule has 3 atom stereocenters. The molecule has 0 fully saturated rings. The molecule has 3 unspecified atom stereocenters. The van der Waals surface area contributed by atoms with Crippen molar-refractivity contribution in [2.75, 3.05) is 0 Å². The Bertz CT molecular complexity index is 99.7. The highest BCUT2D eigenvalue weighted by Crippen LogP contribution is 2.41. The molecule has 0 N–H and O–H groups in total. The Morgan fingerprint density at radius 3 is 2.09 bits per heavy atom. The van der Waals surface area contributed by atoms with Crippen LogP contribution in [0.5, 0.6) is 0 Å². The van der Waals surface area contributed by atoms with Crippen LogP contribution in [0.2, 0.25) is 0 Å². The highest BCUT2D eigenvalue weighted by atomic mass is 31.1. The van der Waals surface area contributed by atoms with Gasteiger partial charge in [0.05, 0.1) is 0 Å². The maximum atomic E-state index is 2.99. The van der Waals surface area contributed by atoms with Gasteiger partial charge in [-0.05, 0) is 18.8 Å². The van der Waals surface area contributed by atoms with E-state index in [2.05, 4.69) is 39.3 Å². The van der Waals surface area contributed by atoms with Crippen LogP contribution in [0.15, 0.2) is 0 Å². The maximum Gasteiger partial charge on any atom is 0.00182 e. The van der Waals surface area contributed by atoms with Gasteiger partial charge in [0, 0.05) is 4.90 Å². The van der Waals surface area contributed by atoms with Crippen molar-refractivity contribution in [2.24, 2.45) is 5.92 Å². The highest BCUT2D eigenvalue weighted by molar-refractivity contribution is 7.39. The second-order valence-electron chi connectivity index (χ2n) is 3.55. The van der Waals surface area contributed by atoms with Gasteiger partial charge in [-0.1, -0.05) is 33.6 Å². The molecule has 0 heterocycles. The fourth-order valence-corrected chi connectivity index (χ4v) is 2.29. The summed E-state index contributed by atoms with van der Waals surface area (Å²) in [4.78, 5) is 0.394. The summed E-state index contributed by atoms with van der Waals surface area (Å²) in [7, 11) is 5.98. The van der Waals surface area contributed by atoms with Gasteiger partial charge in [-0.15, -0.1) is 18.5 Å². The molecule has 0 rings (SSSR count). The van der Waals surface area contributed by atoms with Crippen LogP contribution in [-0.4, -0.2) is 4.90 Å². The van der Waals surface area contributed by atoms with Crippen molar-refractivity contribution in [3.05, 3.63) is 0 Å². The third-order valence-corrected chi connectivity index (χ3v) is 4.04. The van der Waals surface area contributed by atoms with Crippen molar-refractivity contribution >= 4 is 18.5 Å². The lowest BCUT2D eigenvalue weighted by atomic mass is 9.98. The first kappa shape index (κ1) is 11.9. The van der Waals surface area contributed by atoms with E-state index in [1.165, 1.54) is 25.7 Å². The summed E-state index contributed by atoms with van der Waals surface area (Å²) in [5.41, 5.74) is 0. The van der Waals surface area contributed by atoms with Crippen molar-refractivity contribution in [2.45, 2.75) is 51.4 Å². The van der Waals surface area contributed by atoms with Gasteiger partial charge in [0.1, 0.15) is 0 Å². The average Bonchev–Trinajstić information content (AvgIpc) is 1.88. The quantitative estimate of drug-likeness (QED) is 0.583. The van der Waals surface area contributed by atoms with Gasteiger partial charge < -0.3 is 0 Å². The SMILES string of the molecule is CCCC(C)C(P)(P)CCC. The zero-order valence-electron chi connectivity index (χ0n) is 8.06. The van der Waals surface area contributed by atoms with Crippen LogP contribution < -0.4 is 0 Å². The Morgan fingerprint density at radius 2 is 1.73 bits per heavy atom. The molecule has 0 bridgehead atoms. The molecule has 0 amide bonds. The van der Waals surface area contributed by atoms with Crippen LogP contribution in [0, 0.1) is 5.92 Å². The fourth-order valence-electron chi connectivity index (χ4n) is 1.38. The summed E-state index contributed by atoms with van der Waals surface area (Å²) in [6.07, 6.45) is 5.22. The molecule has 0 saturated carbocycles. The van der Waals surface area contributed by atoms with E-state index in [1.54, 1.807) is 0 Å². The van der Waals surface area contributed by atoms with Crippen molar-refractivity contribution in [1.29, 1.82) is 0 Å². The van der Waals surface area contributed by atoms with Crippen LogP contribution in [0.1, 0.15) is 46.5 Å². The molecule has 0 saturated heterocycles. The predicted molar refractivity (Wildman–Crippen MR) is 61.1 cm³/mol. The van der Waals surface area contributed by atoms with Crippen LogP contribution in [0.25, 0.3) is 0 Å². The molecule has 0 spiro atoms. The van der Waals surface area contributed by atoms with Gasteiger partial charge in [-0.2, -0.15) is 0 Å². The first-order valence-corrected chi connectivity index (χ1v) is 5.77. The predicted octanol–water partition coefficient (Wildman–Crippen LogP) is 3.67. The third-order valence-electron chi connectivity index (χ3n) is 2.32. The monoisotopic (exact) mass is 192 g/mol. The first-order chi connectivity index (χ1) is 5.04. The van der Waals surface area contributed by atoms with Crippen molar-refractivity contribution in [1.82, 2.24) is 0 Å². The molecular formula is C9H22P2. The van der Waals surface area contributed by atoms with Crippen LogP contribution in [-0.2, 0) is 0 Å². The summed E-state index contributed by atoms with van der Waals surface area (Å²) in [5, 5.41) is 0. The van der Waals surface area contributed by atoms with Crippen molar-refractivity contribution in [3.63, 3.8) is 0 Å². The minimum atomic E-state index is 0.394. The third kappa shape index (κ3) is 4.44. The Balaban J connectivity index is 3.83. The van der Waals surface area contributed by atoms with E-state index in [-0.39, 0.29) is 0 Å². The van der Waals surface area contributed by atoms with Crippen molar-refractivity contribution < 1.29 is 0 Å². The summed E-state index contributed by atoms with van der Waals surface area (Å²) in [5.74, 6) is 0.808. The largest absolute Gasteiger partial charge is 0.127 e. The Labute approximate surface area is 76.3 Å². The molecule has 68 valence electrons. The molecule has 0 aliphatic rings. The minimum absolute atomic E-state index is 0.394. The fraction of sp³-hybridized carbons (Fsp3) is 1.00. The molecule has 11 heavy (non-hydrogen) atoms. The van der Waals surface area contributed by atoms with Gasteiger partial charge >= 0.3 is 0 Å². The summed E-state index contributed by atoms with van der Waals surface area (Å²) in [6, 6.07) is 0. The van der Waals surface area contributed by atoms with Crippen LogP contribution in [0.4, 0.5) is 0 Å². The zero-order valence-corrected chi connectivity index (χ0v) is 10.4.